The monoisotopic (exact) mass is 473 g/mol. The van der Waals surface area contributed by atoms with Gasteiger partial charge < -0.3 is 4.74 Å². The number of rotatable bonds is 4. The second kappa shape index (κ2) is 10.2. The number of hydrogen-bond donors (Lipinski definition) is 0. The summed E-state index contributed by atoms with van der Waals surface area (Å²) in [6, 6.07) is 23.1. The van der Waals surface area contributed by atoms with Gasteiger partial charge in [-0.1, -0.05) is 84.3 Å². The van der Waals surface area contributed by atoms with E-state index in [1.165, 1.54) is 37.0 Å². The van der Waals surface area contributed by atoms with Gasteiger partial charge in [0.15, 0.2) is 5.76 Å². The van der Waals surface area contributed by atoms with Gasteiger partial charge in [-0.15, -0.1) is 0 Å². The van der Waals surface area contributed by atoms with E-state index >= 15 is 0 Å². The van der Waals surface area contributed by atoms with Gasteiger partial charge in [0.25, 0.3) is 0 Å². The average Bonchev–Trinajstić information content (AvgIpc) is 2.99. The van der Waals surface area contributed by atoms with Crippen molar-refractivity contribution in [2.24, 2.45) is 0 Å². The first-order valence-corrected chi connectivity index (χ1v) is 12.4. The molecule has 2 nitrogen and oxygen atoms in total. The Morgan fingerprint density at radius 3 is 2.38 bits per heavy atom. The quantitative estimate of drug-likeness (QED) is 0.385. The molecule has 3 aromatic carbocycles. The second-order valence-electron chi connectivity index (χ2n) is 9.15. The van der Waals surface area contributed by atoms with Gasteiger partial charge in [0.1, 0.15) is 11.6 Å². The lowest BCUT2D eigenvalue weighted by atomic mass is 9.83. The molecule has 3 aromatic rings. The average molecular weight is 474 g/mol. The molecular weight excluding hydrogens is 445 g/mol. The number of piperidine rings is 1. The van der Waals surface area contributed by atoms with Gasteiger partial charge in [-0.25, -0.2) is 4.39 Å². The molecule has 4 heteroatoms. The van der Waals surface area contributed by atoms with Gasteiger partial charge in [-0.3, -0.25) is 4.90 Å². The Labute approximate surface area is 206 Å². The van der Waals surface area contributed by atoms with Crippen LogP contribution in [0.15, 0.2) is 89.5 Å². The molecule has 0 bridgehead atoms. The molecular formula is C30H29ClFNO. The fraction of sp³-hybridized carbons (Fsp3) is 0.267. The number of fused-ring (bicyclic) bond motifs is 1. The fourth-order valence-corrected chi connectivity index (χ4v) is 5.21. The van der Waals surface area contributed by atoms with Crippen LogP contribution < -0.4 is 4.74 Å². The molecule has 174 valence electrons. The van der Waals surface area contributed by atoms with E-state index in [9.17, 15) is 4.39 Å². The Morgan fingerprint density at radius 2 is 1.65 bits per heavy atom. The fourth-order valence-electron chi connectivity index (χ4n) is 4.87. The Kier molecular flexibility index (Phi) is 6.85. The third kappa shape index (κ3) is 4.82. The van der Waals surface area contributed by atoms with Crippen molar-refractivity contribution in [2.45, 2.75) is 32.1 Å². The van der Waals surface area contributed by atoms with Crippen molar-refractivity contribution in [1.29, 1.82) is 0 Å². The van der Waals surface area contributed by atoms with Crippen LogP contribution in [-0.2, 0) is 0 Å². The molecule has 0 amide bonds. The van der Waals surface area contributed by atoms with Crippen LogP contribution in [0.5, 0.6) is 5.75 Å². The first-order valence-electron chi connectivity index (χ1n) is 12.0. The molecule has 5 rings (SSSR count). The molecule has 34 heavy (non-hydrogen) atoms. The molecule has 2 aliphatic heterocycles. The van der Waals surface area contributed by atoms with E-state index < -0.39 is 0 Å². The molecule has 0 saturated carbocycles. The number of nitrogens with zero attached hydrogens (tertiary/aromatic N) is 1. The summed E-state index contributed by atoms with van der Waals surface area (Å²) < 4.78 is 20.3. The zero-order valence-corrected chi connectivity index (χ0v) is 20.2. The van der Waals surface area contributed by atoms with Crippen molar-refractivity contribution in [3.8, 4) is 5.75 Å². The summed E-state index contributed by atoms with van der Waals surface area (Å²) in [5.74, 6) is 1.02. The van der Waals surface area contributed by atoms with Crippen molar-refractivity contribution >= 4 is 17.4 Å². The van der Waals surface area contributed by atoms with Gasteiger partial charge in [-0.05, 0) is 62.2 Å². The van der Waals surface area contributed by atoms with Crippen LogP contribution >= 0.6 is 11.6 Å². The van der Waals surface area contributed by atoms with Gasteiger partial charge in [0, 0.05) is 23.6 Å². The molecule has 0 aromatic heterocycles. The maximum atomic E-state index is 13.8. The summed E-state index contributed by atoms with van der Waals surface area (Å²) in [7, 11) is 0. The Morgan fingerprint density at radius 1 is 0.941 bits per heavy atom. The van der Waals surface area contributed by atoms with Crippen LogP contribution in [0.3, 0.4) is 0 Å². The molecule has 2 aliphatic rings. The molecule has 0 N–H and O–H groups in total. The highest BCUT2D eigenvalue weighted by Gasteiger charge is 2.31. The lowest BCUT2D eigenvalue weighted by Gasteiger charge is -2.26. The summed E-state index contributed by atoms with van der Waals surface area (Å²) in [6.45, 7) is 5.10. The normalized spacial score (nSPS) is 20.1. The Hall–Kier alpha value is -2.88. The number of allylic oxidation sites excluding steroid dienone is 2. The summed E-state index contributed by atoms with van der Waals surface area (Å²) in [6.07, 6.45) is 6.01. The van der Waals surface area contributed by atoms with E-state index in [0.717, 1.165) is 47.6 Å². The minimum Gasteiger partial charge on any atom is -0.455 e. The lowest BCUT2D eigenvalue weighted by Crippen LogP contribution is -2.30. The van der Waals surface area contributed by atoms with Crippen molar-refractivity contribution in [1.82, 2.24) is 4.90 Å². The van der Waals surface area contributed by atoms with Crippen LogP contribution in [0.2, 0.25) is 0 Å². The molecule has 1 atom stereocenters. The summed E-state index contributed by atoms with van der Waals surface area (Å²) in [5.41, 5.74) is 5.14. The van der Waals surface area contributed by atoms with Crippen LogP contribution in [0, 0.1) is 12.7 Å². The topological polar surface area (TPSA) is 12.5 Å². The molecule has 1 unspecified atom stereocenters. The minimum absolute atomic E-state index is 0.156. The number of hydrogen-bond acceptors (Lipinski definition) is 2. The lowest BCUT2D eigenvalue weighted by molar-refractivity contribution is 0.251. The minimum atomic E-state index is -0.247. The van der Waals surface area contributed by atoms with Crippen LogP contribution in [0.25, 0.3) is 5.76 Å². The zero-order chi connectivity index (χ0) is 23.5. The third-order valence-corrected chi connectivity index (χ3v) is 7.13. The smallest absolute Gasteiger partial charge is 0.153 e. The first kappa shape index (κ1) is 22.9. The van der Waals surface area contributed by atoms with Crippen molar-refractivity contribution in [3.63, 3.8) is 0 Å². The molecule has 1 fully saturated rings. The van der Waals surface area contributed by atoms with E-state index in [0.29, 0.717) is 10.8 Å². The first-order chi connectivity index (χ1) is 16.6. The van der Waals surface area contributed by atoms with E-state index in [1.54, 1.807) is 0 Å². The van der Waals surface area contributed by atoms with Gasteiger partial charge in [-0.2, -0.15) is 0 Å². The predicted molar refractivity (Wildman–Crippen MR) is 138 cm³/mol. The van der Waals surface area contributed by atoms with Gasteiger partial charge >= 0.3 is 0 Å². The number of benzene rings is 3. The van der Waals surface area contributed by atoms with E-state index in [2.05, 4.69) is 48.2 Å². The van der Waals surface area contributed by atoms with E-state index in [1.807, 2.05) is 30.3 Å². The maximum absolute atomic E-state index is 13.8. The van der Waals surface area contributed by atoms with Gasteiger partial charge in [0.2, 0.25) is 0 Å². The molecule has 0 aliphatic carbocycles. The molecule has 0 radical (unpaired) electrons. The number of para-hydroxylation sites is 1. The van der Waals surface area contributed by atoms with E-state index in [-0.39, 0.29) is 11.7 Å². The molecule has 2 heterocycles. The van der Waals surface area contributed by atoms with Gasteiger partial charge in [0.05, 0.1) is 5.03 Å². The standard InChI is InChI=1S/C30H29ClFNO/c1-21-9-11-23(12-10-21)30-29(31)26(17-20-33-18-5-2-6-19-33)28(22-13-15-24(32)16-14-22)25-7-3-4-8-27(25)34-30/h3-4,7-17,28H,2,5-6,18-20H2,1H3. The highest BCUT2D eigenvalue weighted by atomic mass is 35.5. The highest BCUT2D eigenvalue weighted by molar-refractivity contribution is 6.35. The third-order valence-electron chi connectivity index (χ3n) is 6.74. The molecule has 0 spiro atoms. The zero-order valence-electron chi connectivity index (χ0n) is 19.4. The number of likely N-dealkylation sites (tertiary alicyclic amines) is 1. The maximum Gasteiger partial charge on any atom is 0.153 e. The summed E-state index contributed by atoms with van der Waals surface area (Å²) in [4.78, 5) is 2.48. The van der Waals surface area contributed by atoms with Crippen molar-refractivity contribution < 1.29 is 9.13 Å². The van der Waals surface area contributed by atoms with Crippen LogP contribution in [0.1, 0.15) is 47.4 Å². The highest BCUT2D eigenvalue weighted by Crippen LogP contribution is 2.47. The summed E-state index contributed by atoms with van der Waals surface area (Å²) in [5, 5.41) is 0.603. The van der Waals surface area contributed by atoms with Crippen LogP contribution in [0.4, 0.5) is 4.39 Å². The Balaban J connectivity index is 1.68. The van der Waals surface area contributed by atoms with Crippen LogP contribution in [-0.4, -0.2) is 24.5 Å². The predicted octanol–water partition coefficient (Wildman–Crippen LogP) is 7.68. The van der Waals surface area contributed by atoms with E-state index in [4.69, 9.17) is 16.3 Å². The largest absolute Gasteiger partial charge is 0.455 e. The molecule has 1 saturated heterocycles. The van der Waals surface area contributed by atoms with Crippen molar-refractivity contribution in [2.75, 3.05) is 19.6 Å². The Bertz CT molecular complexity index is 1210. The SMILES string of the molecule is Cc1ccc(C2=C(Cl)C(=CCN3CCCCC3)C(c3ccc(F)cc3)c3ccccc3O2)cc1. The number of aryl methyl sites for hydroxylation is 1. The number of ether oxygens (including phenoxy) is 1. The number of halogens is 2. The summed E-state index contributed by atoms with van der Waals surface area (Å²) >= 11 is 7.20. The van der Waals surface area contributed by atoms with Crippen molar-refractivity contribution in [3.05, 3.63) is 118 Å². The second-order valence-corrected chi connectivity index (χ2v) is 9.53.